The van der Waals surface area contributed by atoms with Crippen molar-refractivity contribution in [3.63, 3.8) is 0 Å². The molecule has 1 atom stereocenters. The van der Waals surface area contributed by atoms with E-state index in [2.05, 4.69) is 15.9 Å². The van der Waals surface area contributed by atoms with Crippen LogP contribution in [0.2, 0.25) is 0 Å². The molecule has 1 aliphatic heterocycles. The number of hydrogen-bond acceptors (Lipinski definition) is 2. The molecule has 1 aromatic rings. The molecule has 2 rings (SSSR count). The lowest BCUT2D eigenvalue weighted by Crippen LogP contribution is -2.30. The van der Waals surface area contributed by atoms with E-state index in [-0.39, 0.29) is 0 Å². The van der Waals surface area contributed by atoms with Gasteiger partial charge in [-0.05, 0) is 23.3 Å². The number of ether oxygens (including phenoxy) is 1. The van der Waals surface area contributed by atoms with Crippen LogP contribution in [0.15, 0.2) is 16.6 Å². The maximum Gasteiger partial charge on any atom is 0.414 e. The molecule has 0 saturated carbocycles. The maximum absolute atomic E-state index is 12.3. The smallest absolute Gasteiger partial charge is 0.414 e. The molecule has 1 heterocycles. The van der Waals surface area contributed by atoms with E-state index in [0.29, 0.717) is 28.8 Å². The average molecular weight is 311 g/mol. The van der Waals surface area contributed by atoms with Crippen molar-refractivity contribution in [3.05, 3.63) is 27.7 Å². The van der Waals surface area contributed by atoms with Crippen LogP contribution in [0.4, 0.5) is 13.2 Å². The highest BCUT2D eigenvalue weighted by Crippen LogP contribution is 2.35. The third-order valence-electron chi connectivity index (χ3n) is 2.62. The summed E-state index contributed by atoms with van der Waals surface area (Å²) in [5, 5.41) is 9.07. The summed E-state index contributed by atoms with van der Waals surface area (Å²) in [5.41, 5.74) is 1.26. The Morgan fingerprint density at radius 3 is 2.76 bits per heavy atom. The van der Waals surface area contributed by atoms with Crippen LogP contribution in [0, 0.1) is 0 Å². The highest BCUT2D eigenvalue weighted by Gasteiger charge is 2.38. The maximum atomic E-state index is 12.3. The van der Waals surface area contributed by atoms with Crippen LogP contribution in [0.1, 0.15) is 11.1 Å². The Morgan fingerprint density at radius 2 is 2.12 bits per heavy atom. The zero-order valence-corrected chi connectivity index (χ0v) is 10.3. The van der Waals surface area contributed by atoms with Gasteiger partial charge in [0, 0.05) is 17.3 Å². The van der Waals surface area contributed by atoms with Gasteiger partial charge < -0.3 is 9.84 Å². The van der Waals surface area contributed by atoms with Gasteiger partial charge in [0.1, 0.15) is 5.75 Å². The molecule has 0 aliphatic carbocycles. The van der Waals surface area contributed by atoms with Gasteiger partial charge in [-0.1, -0.05) is 15.9 Å². The summed E-state index contributed by atoms with van der Waals surface area (Å²) in [6.07, 6.45) is -6.76. The fourth-order valence-electron chi connectivity index (χ4n) is 1.82. The Hall–Kier alpha value is -0.750. The van der Waals surface area contributed by atoms with Crippen LogP contribution in [0.5, 0.6) is 5.75 Å². The average Bonchev–Trinajstić information content (AvgIpc) is 2.63. The molecule has 0 amide bonds. The number of rotatable bonds is 2. The third-order valence-corrected chi connectivity index (χ3v) is 3.07. The van der Waals surface area contributed by atoms with Crippen molar-refractivity contribution in [2.45, 2.75) is 25.1 Å². The van der Waals surface area contributed by atoms with Crippen molar-refractivity contribution in [2.24, 2.45) is 0 Å². The molecule has 1 aromatic carbocycles. The standard InChI is InChI=1S/C11H10BrF3O2/c12-8-3-6-1-2-17-10(6)7(4-8)5-9(16)11(13,14)15/h3-4,9,16H,1-2,5H2. The number of alkyl halides is 3. The molecular weight excluding hydrogens is 301 g/mol. The molecule has 0 radical (unpaired) electrons. The zero-order valence-electron chi connectivity index (χ0n) is 8.72. The lowest BCUT2D eigenvalue weighted by molar-refractivity contribution is -0.203. The van der Waals surface area contributed by atoms with E-state index in [1.54, 1.807) is 6.07 Å². The quantitative estimate of drug-likeness (QED) is 0.910. The molecule has 2 nitrogen and oxygen atoms in total. The molecule has 0 fully saturated rings. The van der Waals surface area contributed by atoms with E-state index >= 15 is 0 Å². The Morgan fingerprint density at radius 1 is 1.41 bits per heavy atom. The monoisotopic (exact) mass is 310 g/mol. The third kappa shape index (κ3) is 2.74. The van der Waals surface area contributed by atoms with Crippen LogP contribution in [-0.4, -0.2) is 24.0 Å². The van der Waals surface area contributed by atoms with Crippen molar-refractivity contribution in [1.29, 1.82) is 0 Å². The molecule has 1 N–H and O–H groups in total. The van der Waals surface area contributed by atoms with Gasteiger partial charge in [0.05, 0.1) is 6.61 Å². The largest absolute Gasteiger partial charge is 0.493 e. The molecule has 6 heteroatoms. The molecule has 0 saturated heterocycles. The topological polar surface area (TPSA) is 29.5 Å². The van der Waals surface area contributed by atoms with Crippen molar-refractivity contribution in [3.8, 4) is 5.75 Å². The van der Waals surface area contributed by atoms with E-state index in [9.17, 15) is 13.2 Å². The van der Waals surface area contributed by atoms with Gasteiger partial charge in [0.2, 0.25) is 0 Å². The Balaban J connectivity index is 2.27. The minimum absolute atomic E-state index is 0.386. The first-order valence-electron chi connectivity index (χ1n) is 5.07. The lowest BCUT2D eigenvalue weighted by Gasteiger charge is -2.16. The van der Waals surface area contributed by atoms with Gasteiger partial charge in [-0.2, -0.15) is 13.2 Å². The second-order valence-electron chi connectivity index (χ2n) is 3.91. The fraction of sp³-hybridized carbons (Fsp3) is 0.455. The second kappa shape index (κ2) is 4.49. The predicted molar refractivity (Wildman–Crippen MR) is 59.1 cm³/mol. The molecule has 17 heavy (non-hydrogen) atoms. The van der Waals surface area contributed by atoms with Gasteiger partial charge in [-0.3, -0.25) is 0 Å². The summed E-state index contributed by atoms with van der Waals surface area (Å²) < 4.78 is 42.9. The molecule has 0 bridgehead atoms. The van der Waals surface area contributed by atoms with E-state index in [4.69, 9.17) is 9.84 Å². The van der Waals surface area contributed by atoms with Crippen molar-refractivity contribution < 1.29 is 23.0 Å². The Bertz CT molecular complexity index is 431. The van der Waals surface area contributed by atoms with E-state index in [1.807, 2.05) is 6.07 Å². The van der Waals surface area contributed by atoms with Gasteiger partial charge in [0.15, 0.2) is 6.10 Å². The summed E-state index contributed by atoms with van der Waals surface area (Å²) in [6.45, 7) is 0.473. The van der Waals surface area contributed by atoms with E-state index in [0.717, 1.165) is 5.56 Å². The fourth-order valence-corrected chi connectivity index (χ4v) is 2.37. The van der Waals surface area contributed by atoms with E-state index in [1.165, 1.54) is 0 Å². The van der Waals surface area contributed by atoms with Gasteiger partial charge in [-0.15, -0.1) is 0 Å². The highest BCUT2D eigenvalue weighted by atomic mass is 79.9. The predicted octanol–water partition coefficient (Wildman–Crippen LogP) is 2.85. The second-order valence-corrected chi connectivity index (χ2v) is 4.83. The first-order valence-corrected chi connectivity index (χ1v) is 5.86. The summed E-state index contributed by atoms with van der Waals surface area (Å²) in [5.74, 6) is 0.483. The minimum atomic E-state index is -4.60. The number of aliphatic hydroxyl groups is 1. The van der Waals surface area contributed by atoms with E-state index < -0.39 is 18.7 Å². The van der Waals surface area contributed by atoms with Gasteiger partial charge in [0.25, 0.3) is 0 Å². The lowest BCUT2D eigenvalue weighted by atomic mass is 10.0. The molecule has 1 unspecified atom stereocenters. The first-order chi connectivity index (χ1) is 7.88. The van der Waals surface area contributed by atoms with Crippen molar-refractivity contribution in [2.75, 3.05) is 6.61 Å². The molecule has 0 aromatic heterocycles. The molecule has 94 valence electrons. The van der Waals surface area contributed by atoms with Crippen LogP contribution in [0.25, 0.3) is 0 Å². The van der Waals surface area contributed by atoms with Crippen molar-refractivity contribution >= 4 is 15.9 Å². The highest BCUT2D eigenvalue weighted by molar-refractivity contribution is 9.10. The van der Waals surface area contributed by atoms with Crippen LogP contribution < -0.4 is 4.74 Å². The molecule has 0 spiro atoms. The van der Waals surface area contributed by atoms with Gasteiger partial charge in [-0.25, -0.2) is 0 Å². The van der Waals surface area contributed by atoms with Crippen molar-refractivity contribution in [1.82, 2.24) is 0 Å². The number of benzene rings is 1. The van der Waals surface area contributed by atoms with Gasteiger partial charge >= 0.3 is 6.18 Å². The number of fused-ring (bicyclic) bond motifs is 1. The zero-order chi connectivity index (χ0) is 12.6. The van der Waals surface area contributed by atoms with Crippen LogP contribution in [-0.2, 0) is 12.8 Å². The van der Waals surface area contributed by atoms with Crippen LogP contribution >= 0.6 is 15.9 Å². The Kier molecular flexibility index (Phi) is 3.36. The summed E-state index contributed by atoms with van der Waals surface area (Å²) >= 11 is 3.24. The Labute approximate surface area is 105 Å². The summed E-state index contributed by atoms with van der Waals surface area (Å²) in [6, 6.07) is 3.38. The molecular formula is C11H10BrF3O2. The summed E-state index contributed by atoms with van der Waals surface area (Å²) in [7, 11) is 0. The number of hydrogen-bond donors (Lipinski definition) is 1. The first kappa shape index (κ1) is 12.7. The number of halogens is 4. The molecule has 1 aliphatic rings. The summed E-state index contributed by atoms with van der Waals surface area (Å²) in [4.78, 5) is 0. The minimum Gasteiger partial charge on any atom is -0.493 e. The normalized spacial score (nSPS) is 16.5. The SMILES string of the molecule is OC(Cc1cc(Br)cc2c1OCC2)C(F)(F)F. The van der Waals surface area contributed by atoms with Crippen LogP contribution in [0.3, 0.4) is 0 Å². The number of aliphatic hydroxyl groups excluding tert-OH is 1.